The SMILES string of the molecule is Cc1cc(N(CCCl)CCCl)ccc1C=Nc1ccc(C(=O)O)c(O)c1. The second-order valence-electron chi connectivity index (χ2n) is 5.67. The molecule has 0 heterocycles. The number of alkyl halides is 2. The second kappa shape index (κ2) is 9.46. The Labute approximate surface area is 162 Å². The van der Waals surface area contributed by atoms with Gasteiger partial charge in [-0.3, -0.25) is 4.99 Å². The van der Waals surface area contributed by atoms with Crippen LogP contribution >= 0.6 is 23.2 Å². The minimum Gasteiger partial charge on any atom is -0.507 e. The average molecular weight is 395 g/mol. The lowest BCUT2D eigenvalue weighted by molar-refractivity contribution is 0.0694. The molecule has 0 bridgehead atoms. The van der Waals surface area contributed by atoms with E-state index in [2.05, 4.69) is 9.89 Å². The van der Waals surface area contributed by atoms with Crippen LogP contribution in [0.2, 0.25) is 0 Å². The van der Waals surface area contributed by atoms with Gasteiger partial charge in [0, 0.05) is 42.8 Å². The van der Waals surface area contributed by atoms with Crippen molar-refractivity contribution in [3.05, 3.63) is 53.1 Å². The van der Waals surface area contributed by atoms with Crippen molar-refractivity contribution in [3.63, 3.8) is 0 Å². The van der Waals surface area contributed by atoms with Crippen molar-refractivity contribution in [1.82, 2.24) is 0 Å². The fourth-order valence-corrected chi connectivity index (χ4v) is 2.91. The van der Waals surface area contributed by atoms with Gasteiger partial charge in [0.25, 0.3) is 0 Å². The van der Waals surface area contributed by atoms with E-state index in [0.29, 0.717) is 17.4 Å². The van der Waals surface area contributed by atoms with Crippen LogP contribution in [0.1, 0.15) is 21.5 Å². The van der Waals surface area contributed by atoms with Crippen LogP contribution in [0.25, 0.3) is 0 Å². The molecular formula is C19H20Cl2N2O3. The van der Waals surface area contributed by atoms with Crippen LogP contribution in [0.15, 0.2) is 41.4 Å². The molecule has 2 aromatic rings. The molecule has 0 aliphatic rings. The van der Waals surface area contributed by atoms with Crippen molar-refractivity contribution in [1.29, 1.82) is 0 Å². The fraction of sp³-hybridized carbons (Fsp3) is 0.263. The molecule has 0 aliphatic carbocycles. The summed E-state index contributed by atoms with van der Waals surface area (Å²) in [4.78, 5) is 17.4. The van der Waals surface area contributed by atoms with E-state index >= 15 is 0 Å². The van der Waals surface area contributed by atoms with Crippen molar-refractivity contribution in [2.75, 3.05) is 29.7 Å². The van der Waals surface area contributed by atoms with E-state index in [0.717, 1.165) is 29.9 Å². The van der Waals surface area contributed by atoms with Gasteiger partial charge in [-0.2, -0.15) is 0 Å². The van der Waals surface area contributed by atoms with Crippen molar-refractivity contribution in [3.8, 4) is 5.75 Å². The first-order valence-electron chi connectivity index (χ1n) is 8.04. The number of hydrogen-bond acceptors (Lipinski definition) is 4. The monoisotopic (exact) mass is 394 g/mol. The summed E-state index contributed by atoms with van der Waals surface area (Å²) in [6, 6.07) is 10.2. The van der Waals surface area contributed by atoms with Crippen LogP contribution in [0.5, 0.6) is 5.75 Å². The molecule has 5 nitrogen and oxygen atoms in total. The van der Waals surface area contributed by atoms with Crippen LogP contribution in [0.4, 0.5) is 11.4 Å². The van der Waals surface area contributed by atoms with Gasteiger partial charge >= 0.3 is 5.97 Å². The van der Waals surface area contributed by atoms with E-state index in [1.165, 1.54) is 12.1 Å². The van der Waals surface area contributed by atoms with Crippen LogP contribution in [0, 0.1) is 6.92 Å². The number of nitrogens with zero attached hydrogens (tertiary/aromatic N) is 2. The van der Waals surface area contributed by atoms with E-state index < -0.39 is 5.97 Å². The molecule has 0 aromatic heterocycles. The Morgan fingerprint density at radius 2 is 1.85 bits per heavy atom. The zero-order valence-corrected chi connectivity index (χ0v) is 15.8. The summed E-state index contributed by atoms with van der Waals surface area (Å²) in [7, 11) is 0. The van der Waals surface area contributed by atoms with E-state index in [-0.39, 0.29) is 11.3 Å². The molecular weight excluding hydrogens is 375 g/mol. The molecule has 0 saturated carbocycles. The third-order valence-electron chi connectivity index (χ3n) is 3.89. The number of rotatable bonds is 8. The highest BCUT2D eigenvalue weighted by molar-refractivity contribution is 6.18. The molecule has 0 atom stereocenters. The highest BCUT2D eigenvalue weighted by Gasteiger charge is 2.09. The van der Waals surface area contributed by atoms with Gasteiger partial charge in [0.1, 0.15) is 11.3 Å². The maximum absolute atomic E-state index is 10.9. The third-order valence-corrected chi connectivity index (χ3v) is 4.23. The summed E-state index contributed by atoms with van der Waals surface area (Å²) in [5, 5.41) is 18.7. The molecule has 0 spiro atoms. The number of aromatic hydroxyl groups is 1. The minimum atomic E-state index is -1.18. The molecule has 0 radical (unpaired) electrons. The fourth-order valence-electron chi connectivity index (χ4n) is 2.50. The van der Waals surface area contributed by atoms with E-state index in [4.69, 9.17) is 28.3 Å². The Kier molecular flexibility index (Phi) is 7.30. The highest BCUT2D eigenvalue weighted by atomic mass is 35.5. The molecule has 0 fully saturated rings. The van der Waals surface area contributed by atoms with Gasteiger partial charge in [0.05, 0.1) is 5.69 Å². The Morgan fingerprint density at radius 1 is 1.15 bits per heavy atom. The van der Waals surface area contributed by atoms with E-state index in [1.54, 1.807) is 12.3 Å². The number of hydrogen-bond donors (Lipinski definition) is 2. The highest BCUT2D eigenvalue weighted by Crippen LogP contribution is 2.24. The minimum absolute atomic E-state index is 0.150. The Hall–Kier alpha value is -2.24. The molecule has 2 aromatic carbocycles. The number of benzene rings is 2. The molecule has 0 unspecified atom stereocenters. The Bertz CT molecular complexity index is 803. The van der Waals surface area contributed by atoms with Crippen molar-refractivity contribution in [2.24, 2.45) is 4.99 Å². The lowest BCUT2D eigenvalue weighted by Gasteiger charge is -2.23. The summed E-state index contributed by atoms with van der Waals surface area (Å²) in [5.74, 6) is -0.441. The second-order valence-corrected chi connectivity index (χ2v) is 6.43. The Balaban J connectivity index is 2.20. The predicted molar refractivity (Wildman–Crippen MR) is 107 cm³/mol. The smallest absolute Gasteiger partial charge is 0.339 e. The summed E-state index contributed by atoms with van der Waals surface area (Å²) >= 11 is 11.7. The first-order chi connectivity index (χ1) is 12.5. The summed E-state index contributed by atoms with van der Waals surface area (Å²) < 4.78 is 0. The van der Waals surface area contributed by atoms with Gasteiger partial charge in [-0.1, -0.05) is 6.07 Å². The van der Waals surface area contributed by atoms with Crippen molar-refractivity contribution in [2.45, 2.75) is 6.92 Å². The number of carboxylic acid groups (broad SMARTS) is 1. The number of aryl methyl sites for hydroxylation is 1. The molecule has 7 heteroatoms. The van der Waals surface area contributed by atoms with Gasteiger partial charge in [-0.15, -0.1) is 23.2 Å². The molecule has 2 rings (SSSR count). The zero-order valence-electron chi connectivity index (χ0n) is 14.3. The van der Waals surface area contributed by atoms with Crippen LogP contribution in [-0.4, -0.2) is 47.2 Å². The third kappa shape index (κ3) is 5.13. The van der Waals surface area contributed by atoms with Crippen molar-refractivity contribution >= 4 is 46.8 Å². The molecule has 138 valence electrons. The van der Waals surface area contributed by atoms with Crippen LogP contribution < -0.4 is 4.90 Å². The standard InChI is InChI=1S/C19H20Cl2N2O3/c1-13-10-16(23(8-6-20)9-7-21)4-2-14(13)12-22-15-3-5-17(19(25)26)18(24)11-15/h2-5,10-12,24H,6-9H2,1H3,(H,25,26). The van der Waals surface area contributed by atoms with Gasteiger partial charge in [-0.05, 0) is 42.3 Å². The number of halogens is 2. The average Bonchev–Trinajstić information content (AvgIpc) is 2.60. The van der Waals surface area contributed by atoms with E-state index in [1.807, 2.05) is 25.1 Å². The normalized spacial score (nSPS) is 11.0. The lowest BCUT2D eigenvalue weighted by atomic mass is 10.1. The number of aromatic carboxylic acids is 1. The first-order valence-corrected chi connectivity index (χ1v) is 9.11. The molecule has 2 N–H and O–H groups in total. The summed E-state index contributed by atoms with van der Waals surface area (Å²) in [6.45, 7) is 3.42. The van der Waals surface area contributed by atoms with Gasteiger partial charge in [0.15, 0.2) is 0 Å². The van der Waals surface area contributed by atoms with Crippen LogP contribution in [0.3, 0.4) is 0 Å². The number of phenols is 1. The number of carbonyl (C=O) groups is 1. The number of anilines is 1. The maximum atomic E-state index is 10.9. The quantitative estimate of drug-likeness (QED) is 0.512. The molecule has 26 heavy (non-hydrogen) atoms. The van der Waals surface area contributed by atoms with E-state index in [9.17, 15) is 9.90 Å². The predicted octanol–water partition coefficient (Wildman–Crippen LogP) is 4.43. The Morgan fingerprint density at radius 3 is 2.38 bits per heavy atom. The molecule has 0 amide bonds. The first kappa shape index (κ1) is 20.1. The van der Waals surface area contributed by atoms with Crippen molar-refractivity contribution < 1.29 is 15.0 Å². The molecule has 0 aliphatic heterocycles. The number of carboxylic acids is 1. The van der Waals surface area contributed by atoms with Gasteiger partial charge in [0.2, 0.25) is 0 Å². The van der Waals surface area contributed by atoms with Crippen LogP contribution in [-0.2, 0) is 0 Å². The van der Waals surface area contributed by atoms with Gasteiger partial charge < -0.3 is 15.1 Å². The topological polar surface area (TPSA) is 73.1 Å². The largest absolute Gasteiger partial charge is 0.507 e. The molecule has 0 saturated heterocycles. The lowest BCUT2D eigenvalue weighted by Crippen LogP contribution is -2.27. The zero-order chi connectivity index (χ0) is 19.1. The van der Waals surface area contributed by atoms with Gasteiger partial charge in [-0.25, -0.2) is 4.79 Å². The summed E-state index contributed by atoms with van der Waals surface area (Å²) in [6.07, 6.45) is 1.68. The summed E-state index contributed by atoms with van der Waals surface area (Å²) in [5.41, 5.74) is 3.33. The number of aliphatic imine (C=N–C) groups is 1. The maximum Gasteiger partial charge on any atom is 0.339 e.